The predicted octanol–water partition coefficient (Wildman–Crippen LogP) is 12.8. The van der Waals surface area contributed by atoms with Gasteiger partial charge in [-0.25, -0.2) is 0 Å². The van der Waals surface area contributed by atoms with Crippen molar-refractivity contribution in [3.05, 3.63) is 198 Å². The van der Waals surface area contributed by atoms with Crippen molar-refractivity contribution in [1.29, 1.82) is 0 Å². The van der Waals surface area contributed by atoms with E-state index in [2.05, 4.69) is 179 Å². The number of nitrogens with zero attached hydrogens (tertiary/aromatic N) is 1. The van der Waals surface area contributed by atoms with Gasteiger partial charge in [-0.3, -0.25) is 0 Å². The zero-order valence-electron chi connectivity index (χ0n) is 27.5. The summed E-state index contributed by atoms with van der Waals surface area (Å²) in [6.07, 6.45) is 2.00. The summed E-state index contributed by atoms with van der Waals surface area (Å²) >= 11 is 3.79. The Balaban J connectivity index is 1.23. The molecule has 0 amide bonds. The monoisotopic (exact) mass is 686 g/mol. The molecule has 0 radical (unpaired) electrons. The number of fused-ring (bicyclic) bond motifs is 11. The van der Waals surface area contributed by atoms with Crippen LogP contribution in [0.15, 0.2) is 196 Å². The van der Waals surface area contributed by atoms with Crippen molar-refractivity contribution in [2.45, 2.75) is 25.0 Å². The first-order chi connectivity index (χ1) is 25.3. The van der Waals surface area contributed by atoms with E-state index in [0.29, 0.717) is 0 Å². The third-order valence-electron chi connectivity index (χ3n) is 10.7. The minimum Gasteiger partial charge on any atom is -0.361 e. The molecule has 2 aliphatic rings. The highest BCUT2D eigenvalue weighted by Gasteiger charge is 2.50. The average Bonchev–Trinajstić information content (AvgIpc) is 3.85. The molecule has 2 aliphatic heterocycles. The number of aromatic nitrogens is 2. The minimum absolute atomic E-state index is 0.508. The highest BCUT2D eigenvalue weighted by molar-refractivity contribution is 8.00. The van der Waals surface area contributed by atoms with Gasteiger partial charge in [-0.05, 0) is 106 Å². The normalized spacial score (nSPS) is 15.8. The quantitative estimate of drug-likeness (QED) is 0.200. The lowest BCUT2D eigenvalue weighted by molar-refractivity contribution is 0.669. The number of H-pyrrole nitrogens is 1. The molecule has 0 saturated carbocycles. The van der Waals surface area contributed by atoms with Gasteiger partial charge in [0, 0.05) is 47.9 Å². The molecule has 240 valence electrons. The minimum atomic E-state index is -0.508. The molecule has 7 aromatic carbocycles. The molecule has 0 fully saturated rings. The summed E-state index contributed by atoms with van der Waals surface area (Å²) in [5, 5.41) is 2.53. The fourth-order valence-corrected chi connectivity index (χ4v) is 11.1. The molecule has 1 atom stereocenters. The highest BCUT2D eigenvalue weighted by atomic mass is 32.2. The van der Waals surface area contributed by atoms with Crippen molar-refractivity contribution in [1.82, 2.24) is 9.55 Å². The van der Waals surface area contributed by atoms with Crippen LogP contribution in [0.2, 0.25) is 0 Å². The first-order valence-electron chi connectivity index (χ1n) is 17.3. The summed E-state index contributed by atoms with van der Waals surface area (Å²) in [5.41, 5.74) is 13.3. The Bertz CT molecular complexity index is 2800. The highest BCUT2D eigenvalue weighted by Crippen LogP contribution is 2.63. The van der Waals surface area contributed by atoms with Crippen LogP contribution in [-0.2, 0) is 5.41 Å². The summed E-state index contributed by atoms with van der Waals surface area (Å²) in [6.45, 7) is 0. The number of aromatic amines is 1. The van der Waals surface area contributed by atoms with E-state index in [-0.39, 0.29) is 0 Å². The molecule has 0 saturated heterocycles. The third kappa shape index (κ3) is 4.15. The van der Waals surface area contributed by atoms with Gasteiger partial charge < -0.3 is 9.55 Å². The van der Waals surface area contributed by atoms with Crippen LogP contribution in [-0.4, -0.2) is 9.55 Å². The number of rotatable bonds is 3. The molecular formula is C47H30N2S2. The molecule has 0 bridgehead atoms. The lowest BCUT2D eigenvalue weighted by Gasteiger charge is -2.46. The largest absolute Gasteiger partial charge is 0.361 e. The van der Waals surface area contributed by atoms with Gasteiger partial charge in [-0.1, -0.05) is 127 Å². The molecule has 11 rings (SSSR count). The lowest BCUT2D eigenvalue weighted by Crippen LogP contribution is -2.37. The maximum absolute atomic E-state index is 3.44. The fraction of sp³-hybridized carbons (Fsp3) is 0.0213. The van der Waals surface area contributed by atoms with E-state index in [1.807, 2.05) is 29.7 Å². The van der Waals surface area contributed by atoms with Crippen LogP contribution < -0.4 is 0 Å². The van der Waals surface area contributed by atoms with E-state index < -0.39 is 5.41 Å². The Morgan fingerprint density at radius 2 is 1.12 bits per heavy atom. The molecular weight excluding hydrogens is 657 g/mol. The van der Waals surface area contributed by atoms with Crippen molar-refractivity contribution in [2.75, 3.05) is 0 Å². The Kier molecular flexibility index (Phi) is 6.37. The maximum Gasteiger partial charge on any atom is 0.0751 e. The zero-order chi connectivity index (χ0) is 33.5. The number of benzene rings is 7. The van der Waals surface area contributed by atoms with Crippen LogP contribution in [0, 0.1) is 0 Å². The SMILES string of the molecule is c1ccc(-n2c3ccccc3c3cc(-c4cccc5c4C4(c6ccccc6Sc6cc(-c7ccc[nH]7)ccc64)c4ccccc4S5)ccc32)cc1. The summed E-state index contributed by atoms with van der Waals surface area (Å²) < 4.78 is 2.40. The van der Waals surface area contributed by atoms with Gasteiger partial charge in [0.05, 0.1) is 16.4 Å². The van der Waals surface area contributed by atoms with Gasteiger partial charge in [0.25, 0.3) is 0 Å². The van der Waals surface area contributed by atoms with Crippen LogP contribution in [0.5, 0.6) is 0 Å². The first-order valence-corrected chi connectivity index (χ1v) is 19.0. The summed E-state index contributed by atoms with van der Waals surface area (Å²) in [4.78, 5) is 8.65. The summed E-state index contributed by atoms with van der Waals surface area (Å²) in [7, 11) is 0. The third-order valence-corrected chi connectivity index (χ3v) is 13.0. The molecule has 1 spiro atoms. The molecule has 4 heterocycles. The Labute approximate surface area is 304 Å². The van der Waals surface area contributed by atoms with Crippen molar-refractivity contribution in [2.24, 2.45) is 0 Å². The second-order valence-corrected chi connectivity index (χ2v) is 15.5. The lowest BCUT2D eigenvalue weighted by atomic mass is 9.62. The van der Waals surface area contributed by atoms with Crippen molar-refractivity contribution in [3.8, 4) is 28.1 Å². The predicted molar refractivity (Wildman–Crippen MR) is 213 cm³/mol. The fourth-order valence-electron chi connectivity index (χ4n) is 8.64. The van der Waals surface area contributed by atoms with E-state index in [1.54, 1.807) is 0 Å². The average molecular weight is 687 g/mol. The topological polar surface area (TPSA) is 20.7 Å². The summed E-state index contributed by atoms with van der Waals surface area (Å²) in [5.74, 6) is 0. The van der Waals surface area contributed by atoms with Crippen LogP contribution in [0.3, 0.4) is 0 Å². The Morgan fingerprint density at radius 3 is 1.92 bits per heavy atom. The van der Waals surface area contributed by atoms with Gasteiger partial charge in [-0.15, -0.1) is 0 Å². The van der Waals surface area contributed by atoms with Gasteiger partial charge in [0.2, 0.25) is 0 Å². The molecule has 2 aromatic heterocycles. The van der Waals surface area contributed by atoms with Crippen LogP contribution in [0.25, 0.3) is 49.9 Å². The molecule has 1 unspecified atom stereocenters. The Morgan fingerprint density at radius 1 is 0.451 bits per heavy atom. The molecule has 2 nitrogen and oxygen atoms in total. The number of para-hydroxylation sites is 2. The first kappa shape index (κ1) is 29.1. The van der Waals surface area contributed by atoms with Crippen LogP contribution in [0.1, 0.15) is 22.3 Å². The molecule has 9 aromatic rings. The van der Waals surface area contributed by atoms with Gasteiger partial charge in [-0.2, -0.15) is 0 Å². The van der Waals surface area contributed by atoms with Gasteiger partial charge >= 0.3 is 0 Å². The standard InChI is InChI=1S/C47H30N2S2/c1-2-12-32(13-3-1)49-40-19-7-4-14-34(40)35-28-30(24-26-41(35)49)33-15-10-22-44-46(33)47(36-16-5-8-20-42(36)50-44)37-17-6-9-21-43(37)51-45-29-31(23-25-38(45)47)39-18-11-27-48-39/h1-29,48H. The number of nitrogens with one attached hydrogen (secondary N) is 1. The Hall–Kier alpha value is -5.68. The van der Waals surface area contributed by atoms with Crippen LogP contribution >= 0.6 is 23.5 Å². The maximum atomic E-state index is 3.44. The van der Waals surface area contributed by atoms with Crippen molar-refractivity contribution >= 4 is 45.3 Å². The summed E-state index contributed by atoms with van der Waals surface area (Å²) in [6, 6.07) is 63.0. The van der Waals surface area contributed by atoms with Crippen LogP contribution in [0.4, 0.5) is 0 Å². The van der Waals surface area contributed by atoms with Crippen molar-refractivity contribution < 1.29 is 0 Å². The van der Waals surface area contributed by atoms with Gasteiger partial charge in [0.1, 0.15) is 0 Å². The van der Waals surface area contributed by atoms with E-state index in [4.69, 9.17) is 0 Å². The smallest absolute Gasteiger partial charge is 0.0751 e. The van der Waals surface area contributed by atoms with E-state index in [0.717, 1.165) is 5.69 Å². The van der Waals surface area contributed by atoms with Crippen molar-refractivity contribution in [3.63, 3.8) is 0 Å². The molecule has 0 aliphatic carbocycles. The molecule has 4 heteroatoms. The van der Waals surface area contributed by atoms with E-state index in [9.17, 15) is 0 Å². The molecule has 51 heavy (non-hydrogen) atoms. The molecule has 1 N–H and O–H groups in total. The van der Waals surface area contributed by atoms with E-state index in [1.165, 1.54) is 86.0 Å². The number of hydrogen-bond donors (Lipinski definition) is 1. The zero-order valence-corrected chi connectivity index (χ0v) is 29.1. The number of hydrogen-bond acceptors (Lipinski definition) is 2. The van der Waals surface area contributed by atoms with E-state index >= 15 is 0 Å². The van der Waals surface area contributed by atoms with Gasteiger partial charge in [0.15, 0.2) is 0 Å². The second kappa shape index (κ2) is 11.2. The second-order valence-electron chi connectivity index (χ2n) is 13.3.